The third-order valence-corrected chi connectivity index (χ3v) is 8.31. The van der Waals surface area contributed by atoms with E-state index in [0.717, 1.165) is 29.5 Å². The van der Waals surface area contributed by atoms with Crippen LogP contribution in [-0.4, -0.2) is 53.2 Å². The predicted octanol–water partition coefficient (Wildman–Crippen LogP) is 2.35. The Morgan fingerprint density at radius 2 is 1.64 bits per heavy atom. The first kappa shape index (κ1) is 29.0. The Morgan fingerprint density at radius 3 is 2.33 bits per heavy atom. The molecule has 5 rings (SSSR count). The molecule has 3 aromatic rings. The topological polar surface area (TPSA) is 148 Å². The van der Waals surface area contributed by atoms with Crippen molar-refractivity contribution in [1.29, 1.82) is 0 Å². The lowest BCUT2D eigenvalue weighted by molar-refractivity contribution is -0.141. The van der Waals surface area contributed by atoms with Crippen molar-refractivity contribution in [1.82, 2.24) is 15.5 Å². The van der Waals surface area contributed by atoms with Crippen LogP contribution in [0, 0.1) is 0 Å². The van der Waals surface area contributed by atoms with Crippen molar-refractivity contribution in [3.8, 4) is 0 Å². The summed E-state index contributed by atoms with van der Waals surface area (Å²) in [4.78, 5) is 53.9. The minimum Gasteiger partial charge on any atom is -0.366 e. The molecule has 0 aromatic heterocycles. The lowest BCUT2D eigenvalue weighted by Crippen LogP contribution is -2.56. The molecule has 5 unspecified atom stereocenters. The van der Waals surface area contributed by atoms with Crippen LogP contribution in [0.25, 0.3) is 0 Å². The van der Waals surface area contributed by atoms with Crippen LogP contribution in [0.15, 0.2) is 78.9 Å². The van der Waals surface area contributed by atoms with Crippen LogP contribution in [0.5, 0.6) is 0 Å². The number of benzene rings is 3. The molecule has 218 valence electrons. The van der Waals surface area contributed by atoms with Crippen molar-refractivity contribution in [2.75, 3.05) is 6.54 Å². The standard InChI is InChI=1S/C33H37N5O4/c1-20(34)31(40)37-28(17-21-11-13-24(14-12-21)30(35)39)33(42)38-19-25(22-7-3-2-4-8-22)18-29(38)32(41)36-27-16-15-23-9-5-6-10-26(23)27/h2-14,20,25,27-29H,15-19,34H2,1H3,(H2,35,39)(H,36,41)(H,37,40). The number of carbonyl (C=O) groups is 4. The van der Waals surface area contributed by atoms with Crippen molar-refractivity contribution in [3.05, 3.63) is 107 Å². The van der Waals surface area contributed by atoms with Crippen molar-refractivity contribution in [3.63, 3.8) is 0 Å². The third kappa shape index (κ3) is 6.36. The number of nitrogens with two attached hydrogens (primary N) is 2. The van der Waals surface area contributed by atoms with E-state index in [1.807, 2.05) is 48.5 Å². The predicted molar refractivity (Wildman–Crippen MR) is 159 cm³/mol. The molecule has 9 nitrogen and oxygen atoms in total. The van der Waals surface area contributed by atoms with Crippen LogP contribution in [0.3, 0.4) is 0 Å². The number of amides is 4. The quantitative estimate of drug-likeness (QED) is 0.313. The number of primary amides is 1. The monoisotopic (exact) mass is 567 g/mol. The van der Waals surface area contributed by atoms with E-state index < -0.39 is 29.9 Å². The van der Waals surface area contributed by atoms with Gasteiger partial charge in [-0.05, 0) is 60.6 Å². The van der Waals surface area contributed by atoms with Gasteiger partial charge in [-0.3, -0.25) is 19.2 Å². The van der Waals surface area contributed by atoms with Gasteiger partial charge < -0.3 is 27.0 Å². The zero-order valence-electron chi connectivity index (χ0n) is 23.7. The average molecular weight is 568 g/mol. The van der Waals surface area contributed by atoms with Gasteiger partial charge in [0.05, 0.1) is 12.1 Å². The summed E-state index contributed by atoms with van der Waals surface area (Å²) in [6.07, 6.45) is 2.33. The summed E-state index contributed by atoms with van der Waals surface area (Å²) in [7, 11) is 0. The highest BCUT2D eigenvalue weighted by Crippen LogP contribution is 2.35. The SMILES string of the molecule is CC(N)C(=O)NC(Cc1ccc(C(N)=O)cc1)C(=O)N1CC(c2ccccc2)CC1C(=O)NC1CCc2ccccc21. The number of carbonyl (C=O) groups excluding carboxylic acids is 4. The molecule has 42 heavy (non-hydrogen) atoms. The second kappa shape index (κ2) is 12.6. The molecule has 5 atom stereocenters. The van der Waals surface area contributed by atoms with E-state index >= 15 is 0 Å². The molecule has 0 radical (unpaired) electrons. The Labute approximate surface area is 245 Å². The largest absolute Gasteiger partial charge is 0.366 e. The van der Waals surface area contributed by atoms with E-state index in [4.69, 9.17) is 11.5 Å². The van der Waals surface area contributed by atoms with Crippen molar-refractivity contribution >= 4 is 23.6 Å². The molecule has 1 saturated heterocycles. The van der Waals surface area contributed by atoms with E-state index in [1.54, 1.807) is 36.1 Å². The number of hydrogen-bond acceptors (Lipinski definition) is 5. The van der Waals surface area contributed by atoms with E-state index in [1.165, 1.54) is 5.56 Å². The van der Waals surface area contributed by atoms with Gasteiger partial charge in [-0.25, -0.2) is 0 Å². The smallest absolute Gasteiger partial charge is 0.248 e. The summed E-state index contributed by atoms with van der Waals surface area (Å²) >= 11 is 0. The van der Waals surface area contributed by atoms with Gasteiger partial charge in [-0.1, -0.05) is 66.7 Å². The summed E-state index contributed by atoms with van der Waals surface area (Å²) < 4.78 is 0. The molecule has 1 heterocycles. The molecule has 4 amide bonds. The fraction of sp³-hybridized carbons (Fsp3) is 0.333. The second-order valence-corrected chi connectivity index (χ2v) is 11.3. The van der Waals surface area contributed by atoms with Gasteiger partial charge in [0.25, 0.3) is 0 Å². The minimum atomic E-state index is -0.958. The first-order valence-corrected chi connectivity index (χ1v) is 14.4. The number of aryl methyl sites for hydroxylation is 1. The first-order chi connectivity index (χ1) is 20.2. The fourth-order valence-corrected chi connectivity index (χ4v) is 6.01. The molecule has 2 aliphatic rings. The molecule has 6 N–H and O–H groups in total. The Kier molecular flexibility index (Phi) is 8.68. The van der Waals surface area contributed by atoms with Crippen LogP contribution < -0.4 is 22.1 Å². The molecule has 0 bridgehead atoms. The molecule has 1 aliphatic heterocycles. The van der Waals surface area contributed by atoms with Crippen molar-refractivity contribution < 1.29 is 19.2 Å². The highest BCUT2D eigenvalue weighted by atomic mass is 16.2. The summed E-state index contributed by atoms with van der Waals surface area (Å²) in [5.41, 5.74) is 15.7. The molecule has 1 fully saturated rings. The number of rotatable bonds is 9. The summed E-state index contributed by atoms with van der Waals surface area (Å²) in [6, 6.07) is 21.9. The summed E-state index contributed by atoms with van der Waals surface area (Å²) in [6.45, 7) is 1.89. The third-order valence-electron chi connectivity index (χ3n) is 8.31. The minimum absolute atomic E-state index is 0.0404. The van der Waals surface area contributed by atoms with Crippen LogP contribution in [0.4, 0.5) is 0 Å². The molecule has 0 spiro atoms. The summed E-state index contributed by atoms with van der Waals surface area (Å²) in [5, 5.41) is 6.02. The average Bonchev–Trinajstić information content (AvgIpc) is 3.62. The second-order valence-electron chi connectivity index (χ2n) is 11.3. The number of likely N-dealkylation sites (tertiary alicyclic amines) is 1. The van der Waals surface area contributed by atoms with Crippen LogP contribution in [0.1, 0.15) is 64.3 Å². The molecule has 9 heteroatoms. The Bertz CT molecular complexity index is 1460. The van der Waals surface area contributed by atoms with Gasteiger partial charge in [0, 0.05) is 24.4 Å². The van der Waals surface area contributed by atoms with Crippen molar-refractivity contribution in [2.45, 2.75) is 62.7 Å². The maximum Gasteiger partial charge on any atom is 0.248 e. The highest BCUT2D eigenvalue weighted by molar-refractivity contribution is 5.94. The van der Waals surface area contributed by atoms with Gasteiger partial charge in [0.1, 0.15) is 12.1 Å². The van der Waals surface area contributed by atoms with Crippen LogP contribution in [0.2, 0.25) is 0 Å². The zero-order valence-corrected chi connectivity index (χ0v) is 23.7. The molecule has 3 aromatic carbocycles. The lowest BCUT2D eigenvalue weighted by atomic mass is 9.96. The summed E-state index contributed by atoms with van der Waals surface area (Å²) in [5.74, 6) is -1.62. The van der Waals surface area contributed by atoms with Gasteiger partial charge in [-0.2, -0.15) is 0 Å². The van der Waals surface area contributed by atoms with E-state index in [-0.39, 0.29) is 30.2 Å². The van der Waals surface area contributed by atoms with E-state index in [9.17, 15) is 19.2 Å². The number of nitrogens with one attached hydrogen (secondary N) is 2. The highest BCUT2D eigenvalue weighted by Gasteiger charge is 2.43. The first-order valence-electron chi connectivity index (χ1n) is 14.4. The van der Waals surface area contributed by atoms with E-state index in [2.05, 4.69) is 16.7 Å². The molecular weight excluding hydrogens is 530 g/mol. The Balaban J connectivity index is 1.41. The van der Waals surface area contributed by atoms with Crippen LogP contribution >= 0.6 is 0 Å². The van der Waals surface area contributed by atoms with Crippen molar-refractivity contribution in [2.24, 2.45) is 11.5 Å². The van der Waals surface area contributed by atoms with Gasteiger partial charge in [0.2, 0.25) is 23.6 Å². The molecular formula is C33H37N5O4. The fourth-order valence-electron chi connectivity index (χ4n) is 6.01. The van der Waals surface area contributed by atoms with Gasteiger partial charge >= 0.3 is 0 Å². The normalized spacial score (nSPS) is 20.8. The van der Waals surface area contributed by atoms with E-state index in [0.29, 0.717) is 18.5 Å². The maximum absolute atomic E-state index is 14.2. The van der Waals surface area contributed by atoms with Gasteiger partial charge in [0.15, 0.2) is 0 Å². The maximum atomic E-state index is 14.2. The Morgan fingerprint density at radius 1 is 0.952 bits per heavy atom. The van der Waals surface area contributed by atoms with Gasteiger partial charge in [-0.15, -0.1) is 0 Å². The van der Waals surface area contributed by atoms with Crippen LogP contribution in [-0.2, 0) is 27.2 Å². The molecule has 1 aliphatic carbocycles. The number of nitrogens with zero attached hydrogens (tertiary/aromatic N) is 1. The zero-order chi connectivity index (χ0) is 29.8. The number of fused-ring (bicyclic) bond motifs is 1. The molecule has 0 saturated carbocycles. The number of hydrogen-bond donors (Lipinski definition) is 4. The Hall–Kier alpha value is -4.50. The lowest BCUT2D eigenvalue weighted by Gasteiger charge is -2.30.